The van der Waals surface area contributed by atoms with E-state index in [1.165, 1.54) is 6.42 Å². The number of imidazole rings is 1. The van der Waals surface area contributed by atoms with E-state index < -0.39 is 0 Å². The van der Waals surface area contributed by atoms with E-state index in [-0.39, 0.29) is 16.9 Å². The van der Waals surface area contributed by atoms with E-state index in [2.05, 4.69) is 21.3 Å². The third-order valence-electron chi connectivity index (χ3n) is 5.52. The zero-order chi connectivity index (χ0) is 19.8. The summed E-state index contributed by atoms with van der Waals surface area (Å²) >= 11 is 0. The Hall–Kier alpha value is -3.02. The Bertz CT molecular complexity index is 1150. The minimum atomic E-state index is -0.386. The fourth-order valence-electron chi connectivity index (χ4n) is 3.82. The number of aliphatic imine (C=N–C) groups is 1. The van der Waals surface area contributed by atoms with Gasteiger partial charge >= 0.3 is 0 Å². The van der Waals surface area contributed by atoms with Crippen molar-refractivity contribution in [2.45, 2.75) is 45.6 Å². The van der Waals surface area contributed by atoms with Crippen LogP contribution in [-0.4, -0.2) is 21.3 Å². The number of aromatic nitrogens is 3. The highest BCUT2D eigenvalue weighted by atomic mass is 19.1. The molecule has 1 aliphatic carbocycles. The van der Waals surface area contributed by atoms with Gasteiger partial charge in [-0.25, -0.2) is 14.4 Å². The van der Waals surface area contributed by atoms with E-state index >= 15 is 0 Å². The maximum absolute atomic E-state index is 14.6. The highest BCUT2D eigenvalue weighted by Crippen LogP contribution is 2.39. The first-order valence-corrected chi connectivity index (χ1v) is 9.54. The molecule has 6 heteroatoms. The molecular weight excluding hydrogens is 355 g/mol. The van der Waals surface area contributed by atoms with Gasteiger partial charge in [0.1, 0.15) is 11.6 Å². The molecule has 0 spiro atoms. The van der Waals surface area contributed by atoms with Crippen molar-refractivity contribution in [3.05, 3.63) is 63.1 Å². The zero-order valence-electron chi connectivity index (χ0n) is 16.1. The molecule has 4 rings (SSSR count). The van der Waals surface area contributed by atoms with Gasteiger partial charge in [-0.3, -0.25) is 4.79 Å². The quantitative estimate of drug-likeness (QED) is 0.645. The van der Waals surface area contributed by atoms with Gasteiger partial charge in [0.25, 0.3) is 0 Å². The average molecular weight is 378 g/mol. The number of halogens is 1. The Morgan fingerprint density at radius 3 is 2.86 bits per heavy atom. The molecule has 1 saturated carbocycles. The predicted octanol–water partition coefficient (Wildman–Crippen LogP) is 4.85. The lowest BCUT2D eigenvalue weighted by Crippen LogP contribution is -2.18. The standard InChI is InChI=1S/C22H23FN4O/c1-4-6-17-21(24-3)26-22(14-7-5-8-14)27(17)12-15-11-18(28)25-20-16(15)10-9-13(2)19(20)23/h4,6,9-11,14H,3,5,7-8,12H2,1-2H3,(H,25,28)/b6-4-. The van der Waals surface area contributed by atoms with Crippen molar-refractivity contribution >= 4 is 29.5 Å². The number of benzene rings is 1. The van der Waals surface area contributed by atoms with E-state index in [0.717, 1.165) is 29.9 Å². The summed E-state index contributed by atoms with van der Waals surface area (Å²) in [6.07, 6.45) is 7.26. The first-order chi connectivity index (χ1) is 13.5. The summed E-state index contributed by atoms with van der Waals surface area (Å²) in [7, 11) is 0. The molecule has 144 valence electrons. The van der Waals surface area contributed by atoms with Crippen LogP contribution in [0.15, 0.2) is 34.1 Å². The van der Waals surface area contributed by atoms with Crippen LogP contribution in [0.3, 0.4) is 0 Å². The number of hydrogen-bond donors (Lipinski definition) is 1. The summed E-state index contributed by atoms with van der Waals surface area (Å²) in [4.78, 5) is 23.7. The van der Waals surface area contributed by atoms with Crippen molar-refractivity contribution < 1.29 is 4.39 Å². The Morgan fingerprint density at radius 1 is 1.43 bits per heavy atom. The van der Waals surface area contributed by atoms with E-state index in [1.807, 2.05) is 25.1 Å². The van der Waals surface area contributed by atoms with Crippen LogP contribution in [0.5, 0.6) is 0 Å². The van der Waals surface area contributed by atoms with Gasteiger partial charge < -0.3 is 9.55 Å². The number of fused-ring (bicyclic) bond motifs is 1. The number of rotatable bonds is 5. The Morgan fingerprint density at radius 2 is 2.21 bits per heavy atom. The van der Waals surface area contributed by atoms with Gasteiger partial charge in [-0.05, 0) is 50.6 Å². The smallest absolute Gasteiger partial charge is 0.248 e. The molecule has 1 aliphatic rings. The van der Waals surface area contributed by atoms with Crippen molar-refractivity contribution in [1.29, 1.82) is 0 Å². The number of hydrogen-bond acceptors (Lipinski definition) is 3. The molecular formula is C22H23FN4O. The largest absolute Gasteiger partial charge is 0.322 e. The molecule has 1 fully saturated rings. The molecule has 1 N–H and O–H groups in total. The average Bonchev–Trinajstić information content (AvgIpc) is 2.95. The third kappa shape index (κ3) is 2.99. The van der Waals surface area contributed by atoms with Crippen LogP contribution < -0.4 is 5.56 Å². The van der Waals surface area contributed by atoms with Crippen LogP contribution in [0.25, 0.3) is 17.0 Å². The summed E-state index contributed by atoms with van der Waals surface area (Å²) in [5.41, 5.74) is 2.07. The van der Waals surface area contributed by atoms with E-state index in [9.17, 15) is 9.18 Å². The van der Waals surface area contributed by atoms with E-state index in [0.29, 0.717) is 29.2 Å². The third-order valence-corrected chi connectivity index (χ3v) is 5.52. The van der Waals surface area contributed by atoms with Crippen LogP contribution in [0, 0.1) is 12.7 Å². The van der Waals surface area contributed by atoms with Crippen molar-refractivity contribution in [3.63, 3.8) is 0 Å². The van der Waals surface area contributed by atoms with Crippen molar-refractivity contribution in [2.24, 2.45) is 4.99 Å². The lowest BCUT2D eigenvalue weighted by Gasteiger charge is -2.26. The number of nitrogens with zero attached hydrogens (tertiary/aromatic N) is 3. The van der Waals surface area contributed by atoms with Gasteiger partial charge in [-0.1, -0.05) is 24.6 Å². The van der Waals surface area contributed by atoms with Crippen molar-refractivity contribution in [1.82, 2.24) is 14.5 Å². The Labute approximate surface area is 162 Å². The molecule has 0 bridgehead atoms. The van der Waals surface area contributed by atoms with Gasteiger partial charge in [0.05, 0.1) is 17.8 Å². The predicted molar refractivity (Wildman–Crippen MR) is 111 cm³/mol. The second kappa shape index (κ2) is 7.19. The van der Waals surface area contributed by atoms with Crippen molar-refractivity contribution in [2.75, 3.05) is 0 Å². The SMILES string of the molecule is C=Nc1nc(C2CCC2)n(Cc2cc(=O)[nH]c3c(F)c(C)ccc23)c1/C=C\C. The molecule has 0 unspecified atom stereocenters. The number of allylic oxidation sites excluding steroid dienone is 1. The molecule has 2 heterocycles. The number of aryl methyl sites for hydroxylation is 1. The second-order valence-corrected chi connectivity index (χ2v) is 7.33. The summed E-state index contributed by atoms with van der Waals surface area (Å²) in [5.74, 6) is 1.55. The number of nitrogens with one attached hydrogen (secondary N) is 1. The summed E-state index contributed by atoms with van der Waals surface area (Å²) in [6.45, 7) is 7.72. The molecule has 28 heavy (non-hydrogen) atoms. The van der Waals surface area contributed by atoms with Crippen LogP contribution in [-0.2, 0) is 6.54 Å². The maximum Gasteiger partial charge on any atom is 0.248 e. The Kier molecular flexibility index (Phi) is 4.71. The monoisotopic (exact) mass is 378 g/mol. The minimum absolute atomic E-state index is 0.252. The fourth-order valence-corrected chi connectivity index (χ4v) is 3.82. The van der Waals surface area contributed by atoms with Gasteiger partial charge in [-0.2, -0.15) is 0 Å². The highest BCUT2D eigenvalue weighted by molar-refractivity contribution is 5.83. The van der Waals surface area contributed by atoms with Crippen LogP contribution >= 0.6 is 0 Å². The van der Waals surface area contributed by atoms with Crippen LogP contribution in [0.4, 0.5) is 10.2 Å². The van der Waals surface area contributed by atoms with Gasteiger partial charge in [0, 0.05) is 17.4 Å². The van der Waals surface area contributed by atoms with Crippen LogP contribution in [0.1, 0.15) is 54.7 Å². The zero-order valence-corrected chi connectivity index (χ0v) is 16.1. The van der Waals surface area contributed by atoms with Gasteiger partial charge in [0.2, 0.25) is 5.56 Å². The first-order valence-electron chi connectivity index (χ1n) is 9.54. The molecule has 0 saturated heterocycles. The lowest BCUT2D eigenvalue weighted by atomic mass is 9.84. The molecule has 0 atom stereocenters. The fraction of sp³-hybridized carbons (Fsp3) is 0.318. The normalized spacial score (nSPS) is 14.7. The molecule has 0 amide bonds. The first kappa shape index (κ1) is 18.3. The molecule has 1 aromatic carbocycles. The molecule has 5 nitrogen and oxygen atoms in total. The number of aromatic amines is 1. The van der Waals surface area contributed by atoms with E-state index in [1.54, 1.807) is 19.1 Å². The molecule has 0 radical (unpaired) electrons. The number of pyridine rings is 1. The van der Waals surface area contributed by atoms with Crippen LogP contribution in [0.2, 0.25) is 0 Å². The lowest BCUT2D eigenvalue weighted by molar-refractivity contribution is 0.390. The van der Waals surface area contributed by atoms with E-state index in [4.69, 9.17) is 4.98 Å². The van der Waals surface area contributed by atoms with Gasteiger partial charge in [-0.15, -0.1) is 0 Å². The molecule has 3 aromatic rings. The van der Waals surface area contributed by atoms with Gasteiger partial charge in [0.15, 0.2) is 5.82 Å². The summed E-state index contributed by atoms with van der Waals surface area (Å²) in [6, 6.07) is 5.15. The topological polar surface area (TPSA) is 63.0 Å². The number of H-pyrrole nitrogens is 1. The molecule has 0 aliphatic heterocycles. The summed E-state index contributed by atoms with van der Waals surface area (Å²) in [5, 5.41) is 0.704. The second-order valence-electron chi connectivity index (χ2n) is 7.33. The Balaban J connectivity index is 1.92. The molecule has 2 aromatic heterocycles. The van der Waals surface area contributed by atoms with Crippen molar-refractivity contribution in [3.8, 4) is 0 Å². The highest BCUT2D eigenvalue weighted by Gasteiger charge is 2.27. The maximum atomic E-state index is 14.6. The minimum Gasteiger partial charge on any atom is -0.322 e. The summed E-state index contributed by atoms with van der Waals surface area (Å²) < 4.78 is 16.7.